The minimum Gasteiger partial charge on any atom is -0.381 e. The van der Waals surface area contributed by atoms with Crippen LogP contribution < -0.4 is 10.6 Å². The lowest BCUT2D eigenvalue weighted by Crippen LogP contribution is -2.27. The van der Waals surface area contributed by atoms with Gasteiger partial charge in [-0.05, 0) is 25.0 Å². The zero-order chi connectivity index (χ0) is 13.7. The Labute approximate surface area is 106 Å². The van der Waals surface area contributed by atoms with E-state index in [-0.39, 0.29) is 17.2 Å². The summed E-state index contributed by atoms with van der Waals surface area (Å²) in [6, 6.07) is 2.08. The predicted molar refractivity (Wildman–Crippen MR) is 67.7 cm³/mol. The number of benzene rings is 1. The van der Waals surface area contributed by atoms with E-state index in [4.69, 9.17) is 0 Å². The average molecular weight is 256 g/mol. The van der Waals surface area contributed by atoms with Gasteiger partial charge in [0.15, 0.2) is 0 Å². The number of nitrogens with one attached hydrogen (secondary N) is 2. The van der Waals surface area contributed by atoms with Crippen molar-refractivity contribution in [3.05, 3.63) is 29.3 Å². The molecular weight excluding hydrogens is 238 g/mol. The molecule has 100 valence electrons. The van der Waals surface area contributed by atoms with Gasteiger partial charge in [-0.3, -0.25) is 4.79 Å². The Morgan fingerprint density at radius 2 is 1.83 bits per heavy atom. The van der Waals surface area contributed by atoms with Gasteiger partial charge in [0.05, 0.1) is 0 Å². The molecule has 0 heterocycles. The third kappa shape index (κ3) is 3.68. The Kier molecular flexibility index (Phi) is 5.07. The van der Waals surface area contributed by atoms with Crippen LogP contribution >= 0.6 is 0 Å². The van der Waals surface area contributed by atoms with Crippen molar-refractivity contribution in [2.24, 2.45) is 5.92 Å². The Morgan fingerprint density at radius 3 is 2.28 bits per heavy atom. The quantitative estimate of drug-likeness (QED) is 0.850. The van der Waals surface area contributed by atoms with Crippen molar-refractivity contribution in [3.63, 3.8) is 0 Å². The Balaban J connectivity index is 2.88. The Hall–Kier alpha value is -1.65. The summed E-state index contributed by atoms with van der Waals surface area (Å²) in [4.78, 5) is 11.7. The zero-order valence-electron chi connectivity index (χ0n) is 10.8. The maximum Gasteiger partial charge on any atom is 0.251 e. The lowest BCUT2D eigenvalue weighted by molar-refractivity contribution is 0.0948. The molecule has 18 heavy (non-hydrogen) atoms. The van der Waals surface area contributed by atoms with Crippen LogP contribution in [0.1, 0.15) is 31.1 Å². The van der Waals surface area contributed by atoms with E-state index < -0.39 is 17.5 Å². The fourth-order valence-corrected chi connectivity index (χ4v) is 1.45. The zero-order valence-corrected chi connectivity index (χ0v) is 10.8. The number of amides is 1. The molecule has 0 spiro atoms. The molecule has 1 rings (SSSR count). The van der Waals surface area contributed by atoms with Gasteiger partial charge < -0.3 is 10.6 Å². The maximum absolute atomic E-state index is 13.6. The van der Waals surface area contributed by atoms with Crippen LogP contribution in [-0.4, -0.2) is 19.0 Å². The maximum atomic E-state index is 13.6. The Morgan fingerprint density at radius 1 is 1.28 bits per heavy atom. The summed E-state index contributed by atoms with van der Waals surface area (Å²) in [6.45, 7) is 6.50. The Bertz CT molecular complexity index is 410. The first-order valence-corrected chi connectivity index (χ1v) is 5.96. The third-order valence-corrected chi connectivity index (χ3v) is 2.33. The molecule has 5 heteroatoms. The van der Waals surface area contributed by atoms with Gasteiger partial charge in [0, 0.05) is 18.7 Å². The van der Waals surface area contributed by atoms with Gasteiger partial charge in [-0.25, -0.2) is 8.78 Å². The largest absolute Gasteiger partial charge is 0.381 e. The van der Waals surface area contributed by atoms with Gasteiger partial charge in [0.1, 0.15) is 17.3 Å². The molecule has 0 unspecified atom stereocenters. The van der Waals surface area contributed by atoms with Gasteiger partial charge in [0.25, 0.3) is 5.91 Å². The SMILES string of the molecule is CCNc1c(F)cc(C(=O)NCC(C)C)cc1F. The van der Waals surface area contributed by atoms with Crippen LogP contribution in [0.4, 0.5) is 14.5 Å². The van der Waals surface area contributed by atoms with E-state index in [0.717, 1.165) is 12.1 Å². The molecule has 0 aliphatic rings. The molecule has 1 aromatic rings. The van der Waals surface area contributed by atoms with E-state index in [1.165, 1.54) is 0 Å². The van der Waals surface area contributed by atoms with Crippen LogP contribution in [0.2, 0.25) is 0 Å². The van der Waals surface area contributed by atoms with Crippen LogP contribution in [0, 0.1) is 17.6 Å². The second-order valence-electron chi connectivity index (χ2n) is 4.45. The van der Waals surface area contributed by atoms with E-state index in [9.17, 15) is 13.6 Å². The topological polar surface area (TPSA) is 41.1 Å². The fourth-order valence-electron chi connectivity index (χ4n) is 1.45. The summed E-state index contributed by atoms with van der Waals surface area (Å²) in [6.07, 6.45) is 0. The van der Waals surface area contributed by atoms with Gasteiger partial charge in [-0.1, -0.05) is 13.8 Å². The molecule has 0 radical (unpaired) electrons. The van der Waals surface area contributed by atoms with Gasteiger partial charge in [-0.15, -0.1) is 0 Å². The van der Waals surface area contributed by atoms with Crippen LogP contribution in [0.15, 0.2) is 12.1 Å². The fraction of sp³-hybridized carbons (Fsp3) is 0.462. The molecule has 0 saturated heterocycles. The standard InChI is InChI=1S/C13H18F2N2O/c1-4-16-12-10(14)5-9(6-11(12)15)13(18)17-7-8(2)3/h5-6,8,16H,4,7H2,1-3H3,(H,17,18). The summed E-state index contributed by atoms with van der Waals surface area (Å²) < 4.78 is 27.1. The van der Waals surface area contributed by atoms with Crippen LogP contribution in [0.5, 0.6) is 0 Å². The number of anilines is 1. The second-order valence-corrected chi connectivity index (χ2v) is 4.45. The second kappa shape index (κ2) is 6.33. The summed E-state index contributed by atoms with van der Waals surface area (Å²) >= 11 is 0. The number of halogens is 2. The van der Waals surface area contributed by atoms with Gasteiger partial charge in [0.2, 0.25) is 0 Å². The van der Waals surface area contributed by atoms with Crippen LogP contribution in [0.25, 0.3) is 0 Å². The summed E-state index contributed by atoms with van der Waals surface area (Å²) in [5, 5.41) is 5.19. The third-order valence-electron chi connectivity index (χ3n) is 2.33. The summed E-state index contributed by atoms with van der Waals surface area (Å²) in [7, 11) is 0. The highest BCUT2D eigenvalue weighted by Gasteiger charge is 2.14. The van der Waals surface area contributed by atoms with Crippen LogP contribution in [-0.2, 0) is 0 Å². The van der Waals surface area contributed by atoms with Crippen LogP contribution in [0.3, 0.4) is 0 Å². The highest BCUT2D eigenvalue weighted by molar-refractivity contribution is 5.94. The predicted octanol–water partition coefficient (Wildman–Crippen LogP) is 2.78. The monoisotopic (exact) mass is 256 g/mol. The molecule has 0 fully saturated rings. The summed E-state index contributed by atoms with van der Waals surface area (Å²) in [5.74, 6) is -1.70. The summed E-state index contributed by atoms with van der Waals surface area (Å²) in [5.41, 5.74) is -0.204. The van der Waals surface area contributed by atoms with Crippen molar-refractivity contribution in [1.82, 2.24) is 5.32 Å². The van der Waals surface area contributed by atoms with E-state index in [1.54, 1.807) is 6.92 Å². The molecule has 0 saturated carbocycles. The first-order chi connectivity index (χ1) is 8.45. The molecule has 1 aromatic carbocycles. The molecule has 0 aromatic heterocycles. The normalized spacial score (nSPS) is 10.6. The molecular formula is C13H18F2N2O. The van der Waals surface area contributed by atoms with Crippen molar-refractivity contribution < 1.29 is 13.6 Å². The minimum absolute atomic E-state index is 0.00713. The molecule has 1 amide bonds. The van der Waals surface area contributed by atoms with E-state index in [0.29, 0.717) is 13.1 Å². The molecule has 2 N–H and O–H groups in total. The van der Waals surface area contributed by atoms with E-state index in [2.05, 4.69) is 10.6 Å². The van der Waals surface area contributed by atoms with Crippen molar-refractivity contribution in [3.8, 4) is 0 Å². The van der Waals surface area contributed by atoms with Crippen molar-refractivity contribution in [2.45, 2.75) is 20.8 Å². The van der Waals surface area contributed by atoms with Crippen molar-refractivity contribution in [2.75, 3.05) is 18.4 Å². The van der Waals surface area contributed by atoms with Gasteiger partial charge in [-0.2, -0.15) is 0 Å². The van der Waals surface area contributed by atoms with Crippen molar-refractivity contribution >= 4 is 11.6 Å². The smallest absolute Gasteiger partial charge is 0.251 e. The molecule has 3 nitrogen and oxygen atoms in total. The lowest BCUT2D eigenvalue weighted by atomic mass is 10.1. The number of hydrogen-bond donors (Lipinski definition) is 2. The van der Waals surface area contributed by atoms with Gasteiger partial charge >= 0.3 is 0 Å². The minimum atomic E-state index is -0.758. The average Bonchev–Trinajstić information content (AvgIpc) is 2.30. The molecule has 0 aliphatic carbocycles. The first-order valence-electron chi connectivity index (χ1n) is 5.96. The molecule has 0 bridgehead atoms. The van der Waals surface area contributed by atoms with E-state index >= 15 is 0 Å². The first kappa shape index (κ1) is 14.4. The highest BCUT2D eigenvalue weighted by Crippen LogP contribution is 2.20. The number of rotatable bonds is 5. The molecule has 0 aliphatic heterocycles. The molecule has 0 atom stereocenters. The van der Waals surface area contributed by atoms with E-state index in [1.807, 2.05) is 13.8 Å². The lowest BCUT2D eigenvalue weighted by Gasteiger charge is -2.10. The number of hydrogen-bond acceptors (Lipinski definition) is 2. The van der Waals surface area contributed by atoms with Crippen molar-refractivity contribution in [1.29, 1.82) is 0 Å². The number of carbonyl (C=O) groups is 1. The number of carbonyl (C=O) groups excluding carboxylic acids is 1. The highest BCUT2D eigenvalue weighted by atomic mass is 19.1.